The van der Waals surface area contributed by atoms with Gasteiger partial charge < -0.3 is 10.4 Å². The highest BCUT2D eigenvalue weighted by Crippen LogP contribution is 2.33. The molecule has 0 aliphatic heterocycles. The van der Waals surface area contributed by atoms with Gasteiger partial charge in [-0.1, -0.05) is 43.3 Å². The minimum atomic E-state index is -0.104. The molecule has 1 amide bonds. The first-order valence-corrected chi connectivity index (χ1v) is 11.1. The van der Waals surface area contributed by atoms with Gasteiger partial charge >= 0.3 is 0 Å². The Morgan fingerprint density at radius 1 is 0.967 bits per heavy atom. The van der Waals surface area contributed by atoms with E-state index >= 15 is 0 Å². The van der Waals surface area contributed by atoms with Gasteiger partial charge in [0.25, 0.3) is 0 Å². The second-order valence-electron chi connectivity index (χ2n) is 8.70. The Labute approximate surface area is 182 Å². The molecule has 0 aliphatic carbocycles. The molecule has 0 bridgehead atoms. The molecule has 0 saturated heterocycles. The Kier molecular flexibility index (Phi) is 8.91. The summed E-state index contributed by atoms with van der Waals surface area (Å²) in [4.78, 5) is 14.1. The van der Waals surface area contributed by atoms with E-state index in [-0.39, 0.29) is 23.6 Å². The first-order chi connectivity index (χ1) is 14.2. The normalized spacial score (nSPS) is 13.6. The van der Waals surface area contributed by atoms with Crippen molar-refractivity contribution >= 4 is 5.91 Å². The molecule has 0 aromatic heterocycles. The number of amides is 1. The zero-order chi connectivity index (χ0) is 22.3. The summed E-state index contributed by atoms with van der Waals surface area (Å²) in [7, 11) is 0. The van der Waals surface area contributed by atoms with Crippen LogP contribution >= 0.6 is 0 Å². The van der Waals surface area contributed by atoms with E-state index in [1.807, 2.05) is 19.1 Å². The molecule has 4 heteroatoms. The number of hydrogen-bond donors (Lipinski definition) is 2. The third-order valence-corrected chi connectivity index (χ3v) is 5.76. The quantitative estimate of drug-likeness (QED) is 0.534. The van der Waals surface area contributed by atoms with Crippen LogP contribution in [0.4, 0.5) is 0 Å². The maximum Gasteiger partial charge on any atom is 0.217 e. The predicted molar refractivity (Wildman–Crippen MR) is 125 cm³/mol. The van der Waals surface area contributed by atoms with Crippen molar-refractivity contribution in [1.29, 1.82) is 0 Å². The number of nitrogens with one attached hydrogen (secondary N) is 1. The number of benzene rings is 2. The first kappa shape index (κ1) is 23.9. The third kappa shape index (κ3) is 6.60. The molecule has 0 fully saturated rings. The number of phenolic OH excluding ortho intramolecular Hbond substituents is 1. The van der Waals surface area contributed by atoms with E-state index in [0.717, 1.165) is 30.5 Å². The first-order valence-electron chi connectivity index (χ1n) is 11.1. The van der Waals surface area contributed by atoms with Gasteiger partial charge in [-0.3, -0.25) is 9.69 Å². The van der Waals surface area contributed by atoms with Crippen molar-refractivity contribution in [2.75, 3.05) is 6.54 Å². The molecule has 0 spiro atoms. The summed E-state index contributed by atoms with van der Waals surface area (Å²) in [5.41, 5.74) is 3.29. The molecule has 2 aromatic carbocycles. The SMILES string of the molecule is CCC(NC(C)=O)c1cc(O)cc(C(CCN(C(C)C)C(C)C)c2ccccc2)c1. The van der Waals surface area contributed by atoms with E-state index in [0.29, 0.717) is 12.1 Å². The minimum absolute atomic E-state index is 0.0594. The van der Waals surface area contributed by atoms with E-state index < -0.39 is 0 Å². The number of aromatic hydroxyl groups is 1. The molecule has 4 nitrogen and oxygen atoms in total. The van der Waals surface area contributed by atoms with Crippen LogP contribution in [0.15, 0.2) is 48.5 Å². The lowest BCUT2D eigenvalue weighted by Crippen LogP contribution is -2.38. The Hall–Kier alpha value is -2.33. The fourth-order valence-corrected chi connectivity index (χ4v) is 4.33. The topological polar surface area (TPSA) is 52.6 Å². The van der Waals surface area contributed by atoms with Crippen LogP contribution in [-0.4, -0.2) is 34.5 Å². The van der Waals surface area contributed by atoms with Gasteiger partial charge in [0.05, 0.1) is 6.04 Å². The Morgan fingerprint density at radius 3 is 2.10 bits per heavy atom. The van der Waals surface area contributed by atoms with Crippen molar-refractivity contribution in [3.63, 3.8) is 0 Å². The molecule has 30 heavy (non-hydrogen) atoms. The van der Waals surface area contributed by atoms with Crippen molar-refractivity contribution in [2.24, 2.45) is 0 Å². The Bertz CT molecular complexity index is 794. The van der Waals surface area contributed by atoms with Crippen LogP contribution in [0.25, 0.3) is 0 Å². The van der Waals surface area contributed by atoms with Crippen LogP contribution < -0.4 is 5.32 Å². The van der Waals surface area contributed by atoms with Crippen LogP contribution in [-0.2, 0) is 4.79 Å². The molecule has 2 N–H and O–H groups in total. The molecule has 2 rings (SSSR count). The van der Waals surface area contributed by atoms with E-state index in [1.54, 1.807) is 6.07 Å². The van der Waals surface area contributed by atoms with Crippen molar-refractivity contribution in [3.8, 4) is 5.75 Å². The van der Waals surface area contributed by atoms with E-state index in [9.17, 15) is 9.90 Å². The van der Waals surface area contributed by atoms with Crippen molar-refractivity contribution in [1.82, 2.24) is 10.2 Å². The lowest BCUT2D eigenvalue weighted by Gasteiger charge is -2.32. The lowest BCUT2D eigenvalue weighted by molar-refractivity contribution is -0.119. The maximum absolute atomic E-state index is 11.6. The second kappa shape index (κ2) is 11.2. The van der Waals surface area contributed by atoms with Gasteiger partial charge in [0.2, 0.25) is 5.91 Å². The maximum atomic E-state index is 11.6. The molecule has 2 atom stereocenters. The van der Waals surface area contributed by atoms with Crippen molar-refractivity contribution in [2.45, 2.75) is 78.4 Å². The number of rotatable bonds is 10. The fraction of sp³-hybridized carbons (Fsp3) is 0.500. The Balaban J connectivity index is 2.42. The number of phenols is 1. The van der Waals surface area contributed by atoms with Crippen LogP contribution in [0.1, 0.15) is 83.0 Å². The van der Waals surface area contributed by atoms with Gasteiger partial charge in [-0.25, -0.2) is 0 Å². The number of hydrogen-bond acceptors (Lipinski definition) is 3. The summed E-state index contributed by atoms with van der Waals surface area (Å²) in [6.07, 6.45) is 1.73. The van der Waals surface area contributed by atoms with Gasteiger partial charge in [-0.2, -0.15) is 0 Å². The average Bonchev–Trinajstić information content (AvgIpc) is 2.68. The second-order valence-corrected chi connectivity index (χ2v) is 8.70. The van der Waals surface area contributed by atoms with E-state index in [1.165, 1.54) is 12.5 Å². The highest BCUT2D eigenvalue weighted by atomic mass is 16.3. The fourth-order valence-electron chi connectivity index (χ4n) is 4.33. The van der Waals surface area contributed by atoms with Crippen molar-refractivity contribution in [3.05, 3.63) is 65.2 Å². The smallest absolute Gasteiger partial charge is 0.217 e. The zero-order valence-electron chi connectivity index (χ0n) is 19.4. The van der Waals surface area contributed by atoms with E-state index in [2.05, 4.69) is 68.2 Å². The summed E-state index contributed by atoms with van der Waals surface area (Å²) in [5.74, 6) is 0.361. The zero-order valence-corrected chi connectivity index (χ0v) is 19.4. The summed E-state index contributed by atoms with van der Waals surface area (Å²) in [5, 5.41) is 13.5. The highest BCUT2D eigenvalue weighted by Gasteiger charge is 2.21. The van der Waals surface area contributed by atoms with Crippen LogP contribution in [0, 0.1) is 0 Å². The number of carbonyl (C=O) groups is 1. The molecule has 0 saturated carbocycles. The monoisotopic (exact) mass is 410 g/mol. The largest absolute Gasteiger partial charge is 0.508 e. The van der Waals surface area contributed by atoms with Crippen LogP contribution in [0.5, 0.6) is 5.75 Å². The third-order valence-electron chi connectivity index (χ3n) is 5.76. The molecule has 2 aromatic rings. The molecule has 2 unspecified atom stereocenters. The van der Waals surface area contributed by atoms with Crippen LogP contribution in [0.3, 0.4) is 0 Å². The molecule has 0 aliphatic rings. The predicted octanol–water partition coefficient (Wildman–Crippen LogP) is 5.62. The van der Waals surface area contributed by atoms with Gasteiger partial charge in [-0.05, 0) is 75.9 Å². The summed E-state index contributed by atoms with van der Waals surface area (Å²) in [6, 6.07) is 17.1. The van der Waals surface area contributed by atoms with E-state index in [4.69, 9.17) is 0 Å². The van der Waals surface area contributed by atoms with Gasteiger partial charge in [0, 0.05) is 24.9 Å². The Morgan fingerprint density at radius 2 is 1.57 bits per heavy atom. The summed E-state index contributed by atoms with van der Waals surface area (Å²) < 4.78 is 0. The lowest BCUT2D eigenvalue weighted by atomic mass is 9.86. The average molecular weight is 411 g/mol. The summed E-state index contributed by atoms with van der Waals surface area (Å²) >= 11 is 0. The van der Waals surface area contributed by atoms with Gasteiger partial charge in [0.1, 0.15) is 5.75 Å². The molecule has 0 radical (unpaired) electrons. The number of nitrogens with zero attached hydrogens (tertiary/aromatic N) is 1. The standard InChI is InChI=1S/C26H38N2O2/c1-7-26(27-20(6)29)23-15-22(16-24(30)17-23)25(21-11-9-8-10-12-21)13-14-28(18(2)3)19(4)5/h8-12,15-19,25-26,30H,7,13-14H2,1-6H3,(H,27,29). The van der Waals surface area contributed by atoms with Crippen molar-refractivity contribution < 1.29 is 9.90 Å². The summed E-state index contributed by atoms with van der Waals surface area (Å²) in [6.45, 7) is 13.5. The molecular weight excluding hydrogens is 372 g/mol. The van der Waals surface area contributed by atoms with Gasteiger partial charge in [-0.15, -0.1) is 0 Å². The molecular formula is C26H38N2O2. The number of carbonyl (C=O) groups excluding carboxylic acids is 1. The minimum Gasteiger partial charge on any atom is -0.508 e. The van der Waals surface area contributed by atoms with Crippen LogP contribution in [0.2, 0.25) is 0 Å². The van der Waals surface area contributed by atoms with Gasteiger partial charge in [0.15, 0.2) is 0 Å². The molecule has 164 valence electrons. The highest BCUT2D eigenvalue weighted by molar-refractivity contribution is 5.73. The molecule has 0 heterocycles.